The molecular weight excluding hydrogens is 370 g/mol. The highest BCUT2D eigenvalue weighted by molar-refractivity contribution is 7.89. The lowest BCUT2D eigenvalue weighted by atomic mass is 9.81. The van der Waals surface area contributed by atoms with Crippen molar-refractivity contribution >= 4 is 21.4 Å². The highest BCUT2D eigenvalue weighted by Gasteiger charge is 2.38. The van der Waals surface area contributed by atoms with Crippen LogP contribution in [-0.2, 0) is 14.8 Å². The normalized spacial score (nSPS) is 20.1. The SMILES string of the molecule is CC(=O)C1=C(c2ccccc2)CC2CN(S(=O)(=O)c3ccc(C)cc3)CC2=C1. The molecule has 144 valence electrons. The molecule has 2 aromatic rings. The Labute approximate surface area is 166 Å². The molecule has 28 heavy (non-hydrogen) atoms. The number of fused-ring (bicyclic) bond motifs is 1. The van der Waals surface area contributed by atoms with Crippen molar-refractivity contribution in [1.29, 1.82) is 0 Å². The molecule has 1 atom stereocenters. The number of nitrogens with zero attached hydrogens (tertiary/aromatic N) is 1. The second kappa shape index (κ2) is 7.15. The monoisotopic (exact) mass is 393 g/mol. The van der Waals surface area contributed by atoms with E-state index in [2.05, 4.69) is 0 Å². The van der Waals surface area contributed by atoms with Crippen molar-refractivity contribution in [2.45, 2.75) is 25.2 Å². The minimum Gasteiger partial charge on any atom is -0.295 e. The van der Waals surface area contributed by atoms with Gasteiger partial charge in [-0.3, -0.25) is 4.79 Å². The van der Waals surface area contributed by atoms with E-state index in [1.54, 1.807) is 23.4 Å². The molecule has 2 aliphatic rings. The Kier molecular flexibility index (Phi) is 4.81. The first-order valence-electron chi connectivity index (χ1n) is 9.43. The van der Waals surface area contributed by atoms with Crippen molar-refractivity contribution in [2.75, 3.05) is 13.1 Å². The molecule has 2 aromatic carbocycles. The topological polar surface area (TPSA) is 54.5 Å². The Hall–Kier alpha value is -2.50. The van der Waals surface area contributed by atoms with Gasteiger partial charge in [-0.2, -0.15) is 4.31 Å². The van der Waals surface area contributed by atoms with Crippen molar-refractivity contribution < 1.29 is 13.2 Å². The van der Waals surface area contributed by atoms with E-state index < -0.39 is 10.0 Å². The van der Waals surface area contributed by atoms with Crippen LogP contribution in [0, 0.1) is 12.8 Å². The molecule has 1 unspecified atom stereocenters. The van der Waals surface area contributed by atoms with Crippen LogP contribution in [0.25, 0.3) is 5.57 Å². The molecule has 4 rings (SSSR count). The predicted octanol–water partition coefficient (Wildman–Crippen LogP) is 3.99. The molecule has 5 heteroatoms. The van der Waals surface area contributed by atoms with E-state index in [0.717, 1.165) is 22.3 Å². The van der Waals surface area contributed by atoms with Gasteiger partial charge in [-0.1, -0.05) is 54.1 Å². The number of benzene rings is 2. The van der Waals surface area contributed by atoms with Gasteiger partial charge in [0.25, 0.3) is 0 Å². The summed E-state index contributed by atoms with van der Waals surface area (Å²) in [5, 5.41) is 0. The average Bonchev–Trinajstić information content (AvgIpc) is 3.12. The highest BCUT2D eigenvalue weighted by atomic mass is 32.2. The van der Waals surface area contributed by atoms with Gasteiger partial charge in [0.1, 0.15) is 0 Å². The molecule has 1 aliphatic heterocycles. The van der Waals surface area contributed by atoms with Crippen LogP contribution >= 0.6 is 0 Å². The molecule has 0 amide bonds. The summed E-state index contributed by atoms with van der Waals surface area (Å²) < 4.78 is 27.7. The Bertz CT molecular complexity index is 1080. The summed E-state index contributed by atoms with van der Waals surface area (Å²) in [6, 6.07) is 16.8. The summed E-state index contributed by atoms with van der Waals surface area (Å²) in [7, 11) is -3.54. The van der Waals surface area contributed by atoms with E-state index in [1.807, 2.05) is 55.5 Å². The summed E-state index contributed by atoms with van der Waals surface area (Å²) in [6.45, 7) is 4.31. The second-order valence-electron chi connectivity index (χ2n) is 7.55. The Morgan fingerprint density at radius 1 is 1.04 bits per heavy atom. The lowest BCUT2D eigenvalue weighted by Gasteiger charge is -2.22. The van der Waals surface area contributed by atoms with Crippen molar-refractivity contribution in [3.63, 3.8) is 0 Å². The lowest BCUT2D eigenvalue weighted by Crippen LogP contribution is -2.29. The number of allylic oxidation sites excluding steroid dienone is 3. The number of aryl methyl sites for hydroxylation is 1. The maximum atomic E-state index is 13.1. The summed E-state index contributed by atoms with van der Waals surface area (Å²) in [4.78, 5) is 12.6. The van der Waals surface area contributed by atoms with Crippen molar-refractivity contribution in [1.82, 2.24) is 4.31 Å². The van der Waals surface area contributed by atoms with Crippen LogP contribution in [0.5, 0.6) is 0 Å². The van der Waals surface area contributed by atoms with Crippen LogP contribution < -0.4 is 0 Å². The minimum absolute atomic E-state index is 0.0182. The largest absolute Gasteiger partial charge is 0.295 e. The van der Waals surface area contributed by atoms with Gasteiger partial charge in [-0.15, -0.1) is 0 Å². The van der Waals surface area contributed by atoms with Gasteiger partial charge in [0, 0.05) is 18.7 Å². The van der Waals surface area contributed by atoms with E-state index in [-0.39, 0.29) is 11.7 Å². The molecular formula is C23H23NO3S. The van der Waals surface area contributed by atoms with E-state index >= 15 is 0 Å². The molecule has 0 aromatic heterocycles. The first-order chi connectivity index (χ1) is 13.4. The molecule has 0 radical (unpaired) electrons. The van der Waals surface area contributed by atoms with Gasteiger partial charge in [-0.05, 0) is 55.0 Å². The third-order valence-corrected chi connectivity index (χ3v) is 7.40. The van der Waals surface area contributed by atoms with E-state index in [1.165, 1.54) is 0 Å². The van der Waals surface area contributed by atoms with Crippen LogP contribution in [0.3, 0.4) is 0 Å². The molecule has 1 aliphatic carbocycles. The summed E-state index contributed by atoms with van der Waals surface area (Å²) in [6.07, 6.45) is 2.61. The first-order valence-corrected chi connectivity index (χ1v) is 10.9. The van der Waals surface area contributed by atoms with Crippen LogP contribution in [0.2, 0.25) is 0 Å². The molecule has 0 N–H and O–H groups in total. The minimum atomic E-state index is -3.54. The van der Waals surface area contributed by atoms with Crippen molar-refractivity contribution in [2.24, 2.45) is 5.92 Å². The van der Waals surface area contributed by atoms with Gasteiger partial charge >= 0.3 is 0 Å². The molecule has 0 bridgehead atoms. The third-order valence-electron chi connectivity index (χ3n) is 5.57. The summed E-state index contributed by atoms with van der Waals surface area (Å²) >= 11 is 0. The average molecular weight is 394 g/mol. The fourth-order valence-corrected chi connectivity index (χ4v) is 5.49. The smallest absolute Gasteiger partial charge is 0.243 e. The zero-order chi connectivity index (χ0) is 19.9. The Morgan fingerprint density at radius 2 is 1.71 bits per heavy atom. The van der Waals surface area contributed by atoms with E-state index in [0.29, 0.717) is 30.0 Å². The number of hydrogen-bond donors (Lipinski definition) is 0. The molecule has 1 saturated heterocycles. The fraction of sp³-hybridized carbons (Fsp3) is 0.261. The number of carbonyl (C=O) groups excluding carboxylic acids is 1. The zero-order valence-corrected chi connectivity index (χ0v) is 16.9. The lowest BCUT2D eigenvalue weighted by molar-refractivity contribution is -0.113. The van der Waals surface area contributed by atoms with Crippen molar-refractivity contribution in [3.05, 3.63) is 82.9 Å². The number of rotatable bonds is 4. The van der Waals surface area contributed by atoms with Gasteiger partial charge in [0.05, 0.1) is 4.90 Å². The molecule has 0 spiro atoms. The molecule has 1 fully saturated rings. The summed E-state index contributed by atoms with van der Waals surface area (Å²) in [5.74, 6) is 0.128. The predicted molar refractivity (Wildman–Crippen MR) is 110 cm³/mol. The van der Waals surface area contributed by atoms with Crippen molar-refractivity contribution in [3.8, 4) is 0 Å². The maximum Gasteiger partial charge on any atom is 0.243 e. The standard InChI is InChI=1S/C23H23NO3S/c1-16-8-10-21(11-9-16)28(26,27)24-14-19-12-22(17(2)25)23(13-20(19)15-24)18-6-4-3-5-7-18/h3-12,20H,13-15H2,1-2H3. The fourth-order valence-electron chi connectivity index (χ4n) is 4.02. The van der Waals surface area contributed by atoms with Crippen LogP contribution in [-0.4, -0.2) is 31.6 Å². The van der Waals surface area contributed by atoms with E-state index in [4.69, 9.17) is 0 Å². The zero-order valence-electron chi connectivity index (χ0n) is 16.1. The number of carbonyl (C=O) groups is 1. The van der Waals surface area contributed by atoms with Crippen LogP contribution in [0.1, 0.15) is 24.5 Å². The second-order valence-corrected chi connectivity index (χ2v) is 9.48. The van der Waals surface area contributed by atoms with Crippen LogP contribution in [0.15, 0.2) is 76.7 Å². The van der Waals surface area contributed by atoms with Crippen LogP contribution in [0.4, 0.5) is 0 Å². The Morgan fingerprint density at radius 3 is 2.36 bits per heavy atom. The number of sulfonamides is 1. The van der Waals surface area contributed by atoms with Gasteiger partial charge in [0.15, 0.2) is 5.78 Å². The first kappa shape index (κ1) is 18.8. The van der Waals surface area contributed by atoms with E-state index in [9.17, 15) is 13.2 Å². The highest BCUT2D eigenvalue weighted by Crippen LogP contribution is 2.40. The van der Waals surface area contributed by atoms with Gasteiger partial charge in [-0.25, -0.2) is 8.42 Å². The Balaban J connectivity index is 1.65. The maximum absolute atomic E-state index is 13.1. The van der Waals surface area contributed by atoms with Gasteiger partial charge < -0.3 is 0 Å². The molecule has 0 saturated carbocycles. The summed E-state index contributed by atoms with van der Waals surface area (Å²) in [5.41, 5.74) is 4.80. The van der Waals surface area contributed by atoms with Gasteiger partial charge in [0.2, 0.25) is 10.0 Å². The quantitative estimate of drug-likeness (QED) is 0.789. The molecule has 1 heterocycles. The number of ketones is 1. The molecule has 4 nitrogen and oxygen atoms in total. The third kappa shape index (κ3) is 3.36. The number of Topliss-reactive ketones (excluding diaryl/α,β-unsaturated/α-hetero) is 1. The number of hydrogen-bond acceptors (Lipinski definition) is 3.